The van der Waals surface area contributed by atoms with E-state index in [1.54, 1.807) is 50.5 Å². The van der Waals surface area contributed by atoms with Gasteiger partial charge in [-0.05, 0) is 107 Å². The van der Waals surface area contributed by atoms with Crippen LogP contribution in [0.25, 0.3) is 0 Å². The van der Waals surface area contributed by atoms with E-state index in [1.807, 2.05) is 148 Å². The van der Waals surface area contributed by atoms with Crippen LogP contribution in [0.5, 0.6) is 17.2 Å². The molecule has 20 nitrogen and oxygen atoms in total. The van der Waals surface area contributed by atoms with Gasteiger partial charge in [-0.15, -0.1) is 0 Å². The summed E-state index contributed by atoms with van der Waals surface area (Å²) in [4.78, 5) is 73.4. The Balaban J connectivity index is 0.000000150. The number of aliphatic carboxylic acids is 1. The number of hydrogen-bond donors (Lipinski definition) is 6. The first-order chi connectivity index (χ1) is 43.6. The van der Waals surface area contributed by atoms with E-state index in [0.717, 1.165) is 85.7 Å². The number of hydrogen-bond acceptors (Lipinski definition) is 15. The predicted octanol–water partition coefficient (Wildman–Crippen LogP) is 9.73. The van der Waals surface area contributed by atoms with Crippen molar-refractivity contribution in [2.45, 2.75) is 145 Å². The molecule has 4 amide bonds. The van der Waals surface area contributed by atoms with Gasteiger partial charge >= 0.3 is 18.2 Å². The normalized spacial score (nSPS) is 25.4. The standard InChI is InChI=1S/C25H31N3O4.C20H23N3O2.C16H21NO4.C10H14N2O/c1-25(2,3)32-24(30)28-15-21(17-8-5-4-6-9-17)22(16-28)23(29)27-18-12-20(13-18)31-19-10-7-11-26-14-19;24-20(19-13-22-12-18(19)14-5-2-1-3-6-14)23-15-9-17(10-15)25-16-7-4-8-21-11-16;1-16(2,3)21-15(20)17-9-12(13(10-17)14(18)19)11-7-5-4-6-8-11;11-7-2-1-3-9(4-7)13-10-5-8(12)6-10/h4-11,14,18,20-22H,12-13,15-16H2,1-3H3,(H,27,29);1-8,11,15,17-19,22H,9-10,12-13H2,(H,23,24);4-8,12-13H,9-10H2,1-3H3,(H,18,19);1-4,8,10H,5-6,11-12H2/t18?,20?,21-,22+;15?,17?,18-,19+;12-,13+;/m000./s1. The molecule has 5 heterocycles. The van der Waals surface area contributed by atoms with Crippen molar-refractivity contribution < 1.29 is 52.8 Å². The van der Waals surface area contributed by atoms with Crippen molar-refractivity contribution in [1.82, 2.24) is 35.7 Å². The number of aromatic nitrogens is 2. The van der Waals surface area contributed by atoms with Crippen molar-refractivity contribution in [3.8, 4) is 17.2 Å². The maximum Gasteiger partial charge on any atom is 0.410 e. The van der Waals surface area contributed by atoms with Crippen molar-refractivity contribution in [3.05, 3.63) is 181 Å². The van der Waals surface area contributed by atoms with E-state index in [0.29, 0.717) is 25.7 Å². The lowest BCUT2D eigenvalue weighted by Crippen LogP contribution is -2.51. The molecule has 4 aromatic carbocycles. The van der Waals surface area contributed by atoms with Gasteiger partial charge in [0.25, 0.3) is 0 Å². The van der Waals surface area contributed by atoms with Crippen molar-refractivity contribution in [2.75, 3.05) is 45.0 Å². The zero-order valence-corrected chi connectivity index (χ0v) is 53.0. The first-order valence-corrected chi connectivity index (χ1v) is 31.7. The van der Waals surface area contributed by atoms with Crippen LogP contribution < -0.4 is 41.6 Å². The molecule has 91 heavy (non-hydrogen) atoms. The predicted molar refractivity (Wildman–Crippen MR) is 346 cm³/mol. The molecule has 6 fully saturated rings. The average Bonchev–Trinajstić information content (AvgIpc) is 1.75. The summed E-state index contributed by atoms with van der Waals surface area (Å²) < 4.78 is 28.3. The summed E-state index contributed by atoms with van der Waals surface area (Å²) in [6.07, 6.45) is 11.7. The third kappa shape index (κ3) is 19.6. The molecule has 3 saturated heterocycles. The third-order valence-electron chi connectivity index (χ3n) is 16.9. The van der Waals surface area contributed by atoms with Gasteiger partial charge in [0, 0.05) is 125 Å². The fourth-order valence-corrected chi connectivity index (χ4v) is 12.0. The number of ether oxygens (including phenoxy) is 5. The van der Waals surface area contributed by atoms with Crippen molar-refractivity contribution in [1.29, 1.82) is 0 Å². The molecule has 6 atom stereocenters. The topological polar surface area (TPSA) is 272 Å². The molecule has 3 saturated carbocycles. The SMILES string of the molecule is CC(C)(C)OC(=O)N1C[C@@H](C(=O)NC2CC(Oc3cccnc3)C2)[C@H](c2ccccc2)C1.CC(C)(C)OC(=O)N1C[C@@H](C(=O)O)[C@H](c2ccccc2)C1.Nc1cccc(OC2CC(N)C2)c1.O=C(NC1CC(Oc2cccnc2)C1)[C@@H]1CNC[C@H]1c1ccccc1. The van der Waals surface area contributed by atoms with Crippen LogP contribution in [0.4, 0.5) is 15.3 Å². The minimum absolute atomic E-state index is 0.000640. The number of carboxylic acid groups (broad SMARTS) is 1. The minimum atomic E-state index is -0.880. The van der Waals surface area contributed by atoms with Crippen LogP contribution in [0.15, 0.2) is 164 Å². The van der Waals surface area contributed by atoms with Gasteiger partial charge in [-0.2, -0.15) is 0 Å². The lowest BCUT2D eigenvalue weighted by atomic mass is 9.85. The van der Waals surface area contributed by atoms with Gasteiger partial charge in [0.2, 0.25) is 11.8 Å². The summed E-state index contributed by atoms with van der Waals surface area (Å²) in [7, 11) is 0. The van der Waals surface area contributed by atoms with E-state index in [-0.39, 0.29) is 84.4 Å². The van der Waals surface area contributed by atoms with E-state index in [1.165, 1.54) is 10.5 Å². The summed E-state index contributed by atoms with van der Waals surface area (Å²) in [6.45, 7) is 13.9. The molecule has 2 aromatic heterocycles. The second-order valence-corrected chi connectivity index (χ2v) is 26.4. The molecule has 12 rings (SSSR count). The Morgan fingerprint density at radius 1 is 0.505 bits per heavy atom. The van der Waals surface area contributed by atoms with E-state index < -0.39 is 29.2 Å². The van der Waals surface area contributed by atoms with Crippen molar-refractivity contribution in [2.24, 2.45) is 23.5 Å². The van der Waals surface area contributed by atoms with Gasteiger partial charge in [-0.25, -0.2) is 9.59 Å². The zero-order valence-electron chi connectivity index (χ0n) is 53.0. The number of pyridine rings is 2. The van der Waals surface area contributed by atoms with Gasteiger partial charge in [-0.1, -0.05) is 97.1 Å². The van der Waals surface area contributed by atoms with E-state index >= 15 is 0 Å². The fraction of sp³-hybridized carbons (Fsp3) is 0.451. The third-order valence-corrected chi connectivity index (χ3v) is 16.9. The number of carboxylic acids is 1. The first kappa shape index (κ1) is 66.7. The number of anilines is 1. The van der Waals surface area contributed by atoms with Gasteiger partial charge in [0.05, 0.1) is 30.1 Å². The maximum absolute atomic E-state index is 13.2. The average molecular weight is 1240 g/mol. The van der Waals surface area contributed by atoms with Crippen molar-refractivity contribution in [3.63, 3.8) is 0 Å². The highest BCUT2D eigenvalue weighted by atomic mass is 16.6. The Labute approximate surface area is 534 Å². The Morgan fingerprint density at radius 2 is 0.923 bits per heavy atom. The minimum Gasteiger partial charge on any atom is -0.490 e. The van der Waals surface area contributed by atoms with Gasteiger partial charge in [0.15, 0.2) is 0 Å². The quantitative estimate of drug-likeness (QED) is 0.0554. The maximum atomic E-state index is 13.2. The number of amides is 4. The largest absolute Gasteiger partial charge is 0.490 e. The highest BCUT2D eigenvalue weighted by molar-refractivity contribution is 5.83. The number of rotatable bonds is 14. The van der Waals surface area contributed by atoms with Gasteiger partial charge in [0.1, 0.15) is 46.8 Å². The molecule has 0 bridgehead atoms. The van der Waals surface area contributed by atoms with E-state index in [2.05, 4.69) is 38.1 Å². The van der Waals surface area contributed by atoms with Crippen molar-refractivity contribution >= 4 is 35.7 Å². The number of carbonyl (C=O) groups excluding carboxylic acids is 4. The molecule has 6 aromatic rings. The summed E-state index contributed by atoms with van der Waals surface area (Å²) in [5.41, 5.74) is 14.1. The molecule has 3 aliphatic carbocycles. The molecule has 484 valence electrons. The first-order valence-electron chi connectivity index (χ1n) is 31.7. The van der Waals surface area contributed by atoms with Crippen LogP contribution >= 0.6 is 0 Å². The molecule has 20 heteroatoms. The van der Waals surface area contributed by atoms with E-state index in [4.69, 9.17) is 35.2 Å². The fourth-order valence-electron chi connectivity index (χ4n) is 12.0. The smallest absolute Gasteiger partial charge is 0.410 e. The van der Waals surface area contributed by atoms with Crippen LogP contribution in [0.3, 0.4) is 0 Å². The Morgan fingerprint density at radius 3 is 1.35 bits per heavy atom. The lowest BCUT2D eigenvalue weighted by Gasteiger charge is -2.36. The molecule has 0 unspecified atom stereocenters. The molecule has 8 N–H and O–H groups in total. The van der Waals surface area contributed by atoms with Crippen LogP contribution in [-0.2, 0) is 23.9 Å². The second kappa shape index (κ2) is 30.8. The number of likely N-dealkylation sites (tertiary alicyclic amines) is 2. The Kier molecular flexibility index (Phi) is 22.6. The van der Waals surface area contributed by atoms with Crippen LogP contribution in [0.2, 0.25) is 0 Å². The zero-order chi connectivity index (χ0) is 64.7. The molecule has 6 aliphatic rings. The number of nitrogens with one attached hydrogen (secondary N) is 3. The molecule has 3 aliphatic heterocycles. The molecule has 0 spiro atoms. The summed E-state index contributed by atoms with van der Waals surface area (Å²) in [5.74, 6) is 0.719. The number of benzene rings is 4. The van der Waals surface area contributed by atoms with Crippen LogP contribution in [-0.4, -0.2) is 142 Å². The Bertz CT molecular complexity index is 3290. The van der Waals surface area contributed by atoms with Gasteiger partial charge in [-0.3, -0.25) is 24.4 Å². The monoisotopic (exact) mass is 1240 g/mol. The van der Waals surface area contributed by atoms with Crippen LogP contribution in [0.1, 0.15) is 115 Å². The highest BCUT2D eigenvalue weighted by Crippen LogP contribution is 2.37. The van der Waals surface area contributed by atoms with Gasteiger partial charge < -0.3 is 66.0 Å². The molecular weight excluding hydrogens is 1150 g/mol. The summed E-state index contributed by atoms with van der Waals surface area (Å²) in [5, 5.41) is 19.1. The van der Waals surface area contributed by atoms with Crippen LogP contribution in [0, 0.1) is 17.8 Å². The van der Waals surface area contributed by atoms with E-state index in [9.17, 15) is 29.1 Å². The number of nitrogens with zero attached hydrogens (tertiary/aromatic N) is 4. The number of carbonyl (C=O) groups is 5. The summed E-state index contributed by atoms with van der Waals surface area (Å²) >= 11 is 0. The number of nitrogen functional groups attached to an aromatic ring is 1. The molecule has 0 radical (unpaired) electrons. The number of nitrogens with two attached hydrogens (primary N) is 2. The lowest BCUT2D eigenvalue weighted by molar-refractivity contribution is -0.141. The molecular formula is C71H89N9O11. The highest BCUT2D eigenvalue weighted by Gasteiger charge is 2.45. The summed E-state index contributed by atoms with van der Waals surface area (Å²) in [6, 6.07) is 45.3. The second-order valence-electron chi connectivity index (χ2n) is 26.4. The Hall–Kier alpha value is -8.75.